The summed E-state index contributed by atoms with van der Waals surface area (Å²) in [6, 6.07) is 17.4. The van der Waals surface area contributed by atoms with Crippen LogP contribution in [0.15, 0.2) is 60.7 Å². The molecule has 5 aliphatic heterocycles. The Morgan fingerprint density at radius 3 is 2.32 bits per heavy atom. The monoisotopic (exact) mass is 786 g/mol. The lowest BCUT2D eigenvalue weighted by Gasteiger charge is -2.42. The molecule has 292 valence electrons. The van der Waals surface area contributed by atoms with E-state index in [9.17, 15) is 24.0 Å². The standard InChI is InChI=1S/C44H43ClN6O6/c1-46-38-13-11-33(26-37(38)45)57-34-3-2-20-50(27-34)42(54)30-8-6-28(7-9-30)4-5-29-16-21-48(22-17-29)31-18-23-49(24-19-31)32-10-12-35-36(25-32)44(56)51(43(35)55)39-14-15-40(52)47-41(39)53/h6-13,25-26,29,31,34,39H,2-3,14-24,27H2,(H,47,52,53). The normalized spacial score (nSPS) is 22.1. The third kappa shape index (κ3) is 8.11. The molecule has 0 saturated carbocycles. The fraction of sp³-hybridized carbons (Fsp3) is 0.409. The number of nitrogens with one attached hydrogen (secondary N) is 1. The van der Waals surface area contributed by atoms with E-state index in [-0.39, 0.29) is 24.9 Å². The zero-order chi connectivity index (χ0) is 39.6. The number of anilines is 1. The van der Waals surface area contributed by atoms with Crippen molar-refractivity contribution >= 4 is 52.5 Å². The number of likely N-dealkylation sites (tertiary alicyclic amines) is 2. The summed E-state index contributed by atoms with van der Waals surface area (Å²) in [5.41, 5.74) is 3.40. The van der Waals surface area contributed by atoms with E-state index in [1.807, 2.05) is 35.2 Å². The van der Waals surface area contributed by atoms with E-state index in [2.05, 4.69) is 31.8 Å². The van der Waals surface area contributed by atoms with E-state index in [1.165, 1.54) is 0 Å². The molecule has 3 aromatic carbocycles. The molecule has 0 radical (unpaired) electrons. The van der Waals surface area contributed by atoms with Crippen LogP contribution in [0.4, 0.5) is 11.4 Å². The van der Waals surface area contributed by atoms with E-state index in [1.54, 1.807) is 30.3 Å². The second-order valence-electron chi connectivity index (χ2n) is 15.4. The highest BCUT2D eigenvalue weighted by molar-refractivity contribution is 6.33. The second kappa shape index (κ2) is 16.4. The van der Waals surface area contributed by atoms with Crippen LogP contribution in [0.1, 0.15) is 88.0 Å². The lowest BCUT2D eigenvalue weighted by atomic mass is 9.93. The Balaban J connectivity index is 0.790. The fourth-order valence-corrected chi connectivity index (χ4v) is 8.89. The van der Waals surface area contributed by atoms with Crippen LogP contribution in [0.3, 0.4) is 0 Å². The van der Waals surface area contributed by atoms with E-state index in [4.69, 9.17) is 22.9 Å². The van der Waals surface area contributed by atoms with Crippen molar-refractivity contribution in [1.29, 1.82) is 0 Å². The molecule has 5 aliphatic rings. The van der Waals surface area contributed by atoms with Crippen LogP contribution < -0.4 is 15.0 Å². The Labute approximate surface area is 336 Å². The van der Waals surface area contributed by atoms with E-state index < -0.39 is 29.7 Å². The summed E-state index contributed by atoms with van der Waals surface area (Å²) >= 11 is 6.18. The first-order valence-corrected chi connectivity index (χ1v) is 20.1. The van der Waals surface area contributed by atoms with Gasteiger partial charge in [0.05, 0.1) is 29.3 Å². The molecule has 13 heteroatoms. The minimum atomic E-state index is -0.973. The van der Waals surface area contributed by atoms with Gasteiger partial charge in [-0.25, -0.2) is 4.85 Å². The molecule has 2 atom stereocenters. The average Bonchev–Trinajstić information content (AvgIpc) is 3.48. The van der Waals surface area contributed by atoms with Crippen molar-refractivity contribution in [2.45, 2.75) is 69.6 Å². The number of hydrogen-bond donors (Lipinski definition) is 1. The maximum Gasteiger partial charge on any atom is 0.262 e. The summed E-state index contributed by atoms with van der Waals surface area (Å²) in [6.45, 7) is 12.0. The number of fused-ring (bicyclic) bond motifs is 1. The smallest absolute Gasteiger partial charge is 0.262 e. The molecular weight excluding hydrogens is 744 g/mol. The molecule has 5 heterocycles. The predicted molar refractivity (Wildman–Crippen MR) is 213 cm³/mol. The Hall–Kier alpha value is -5.69. The number of piperidine rings is 4. The number of hydrogen-bond acceptors (Lipinski definition) is 8. The lowest BCUT2D eigenvalue weighted by Crippen LogP contribution is -2.54. The van der Waals surface area contributed by atoms with Crippen molar-refractivity contribution in [1.82, 2.24) is 20.0 Å². The molecule has 4 fully saturated rings. The van der Waals surface area contributed by atoms with E-state index in [0.717, 1.165) is 80.9 Å². The fourth-order valence-electron chi connectivity index (χ4n) is 8.68. The van der Waals surface area contributed by atoms with Crippen LogP contribution in [0.25, 0.3) is 4.85 Å². The van der Waals surface area contributed by atoms with Gasteiger partial charge in [0.1, 0.15) is 17.9 Å². The molecule has 0 spiro atoms. The van der Waals surface area contributed by atoms with Crippen LogP contribution in [0.5, 0.6) is 5.75 Å². The molecular formula is C44H43ClN6O6. The SMILES string of the molecule is [C-]#[N+]c1ccc(OC2CCCN(C(=O)c3ccc(C#CC4CCN(C5CCN(c6ccc7c(c6)C(=O)N(C6CCC(=O)NC6=O)C7=O)CC5)CC4)cc3)C2)cc1Cl. The molecule has 0 bridgehead atoms. The zero-order valence-corrected chi connectivity index (χ0v) is 32.3. The number of amides is 5. The van der Waals surface area contributed by atoms with Crippen molar-refractivity contribution in [3.63, 3.8) is 0 Å². The maximum absolute atomic E-state index is 13.4. The Kier molecular flexibility index (Phi) is 11.0. The number of carbonyl (C=O) groups is 5. The Morgan fingerprint density at radius 2 is 1.60 bits per heavy atom. The first-order chi connectivity index (χ1) is 27.6. The van der Waals surface area contributed by atoms with Gasteiger partial charge < -0.3 is 19.4 Å². The van der Waals surface area contributed by atoms with Gasteiger partial charge in [0, 0.05) is 54.8 Å². The summed E-state index contributed by atoms with van der Waals surface area (Å²) in [5, 5.41) is 2.60. The third-order valence-corrected chi connectivity index (χ3v) is 12.2. The highest BCUT2D eigenvalue weighted by Gasteiger charge is 2.45. The van der Waals surface area contributed by atoms with Crippen LogP contribution >= 0.6 is 11.6 Å². The van der Waals surface area contributed by atoms with Crippen molar-refractivity contribution in [2.75, 3.05) is 44.2 Å². The second-order valence-corrected chi connectivity index (χ2v) is 15.8. The average molecular weight is 787 g/mol. The van der Waals surface area contributed by atoms with Crippen LogP contribution in [-0.2, 0) is 9.59 Å². The summed E-state index contributed by atoms with van der Waals surface area (Å²) in [7, 11) is 0. The van der Waals surface area contributed by atoms with Crippen molar-refractivity contribution < 1.29 is 28.7 Å². The van der Waals surface area contributed by atoms with Gasteiger partial charge in [-0.15, -0.1) is 0 Å². The van der Waals surface area contributed by atoms with Gasteiger partial charge in [-0.2, -0.15) is 0 Å². The highest BCUT2D eigenvalue weighted by Crippen LogP contribution is 2.33. The minimum absolute atomic E-state index is 0.0281. The van der Waals surface area contributed by atoms with Gasteiger partial charge >= 0.3 is 0 Å². The molecule has 1 N–H and O–H groups in total. The summed E-state index contributed by atoms with van der Waals surface area (Å²) in [4.78, 5) is 74.9. The van der Waals surface area contributed by atoms with Gasteiger partial charge in [0.2, 0.25) is 17.5 Å². The topological polar surface area (TPSA) is 124 Å². The number of imide groups is 2. The van der Waals surface area contributed by atoms with Crippen molar-refractivity contribution in [2.24, 2.45) is 5.92 Å². The zero-order valence-electron chi connectivity index (χ0n) is 31.5. The van der Waals surface area contributed by atoms with Crippen LogP contribution in [0.2, 0.25) is 5.02 Å². The van der Waals surface area contributed by atoms with Crippen molar-refractivity contribution in [3.05, 3.63) is 99.4 Å². The Bertz CT molecular complexity index is 2210. The molecule has 5 amide bonds. The molecule has 57 heavy (non-hydrogen) atoms. The van der Waals surface area contributed by atoms with Gasteiger partial charge in [-0.05, 0) is 113 Å². The summed E-state index contributed by atoms with van der Waals surface area (Å²) < 4.78 is 6.12. The number of benzene rings is 3. The van der Waals surface area contributed by atoms with E-state index >= 15 is 0 Å². The van der Waals surface area contributed by atoms with Gasteiger partial charge in [-0.1, -0.05) is 29.5 Å². The van der Waals surface area contributed by atoms with E-state index in [0.29, 0.717) is 58.2 Å². The van der Waals surface area contributed by atoms with Crippen LogP contribution in [0, 0.1) is 24.3 Å². The largest absolute Gasteiger partial charge is 0.489 e. The molecule has 0 aliphatic carbocycles. The third-order valence-electron chi connectivity index (χ3n) is 11.9. The minimum Gasteiger partial charge on any atom is -0.489 e. The predicted octanol–water partition coefficient (Wildman–Crippen LogP) is 5.71. The molecule has 2 unspecified atom stereocenters. The number of halogens is 1. The molecule has 3 aromatic rings. The van der Waals surface area contributed by atoms with Crippen molar-refractivity contribution in [3.8, 4) is 17.6 Å². The summed E-state index contributed by atoms with van der Waals surface area (Å²) in [6.07, 6.45) is 5.74. The first-order valence-electron chi connectivity index (χ1n) is 19.7. The van der Waals surface area contributed by atoms with Crippen LogP contribution in [-0.4, -0.2) is 102 Å². The highest BCUT2D eigenvalue weighted by atomic mass is 35.5. The molecule has 8 rings (SSSR count). The Morgan fingerprint density at radius 1 is 0.842 bits per heavy atom. The maximum atomic E-state index is 13.4. The quantitative estimate of drug-likeness (QED) is 0.192. The molecule has 4 saturated heterocycles. The lowest BCUT2D eigenvalue weighted by molar-refractivity contribution is -0.136. The number of ether oxygens (including phenoxy) is 1. The number of nitrogens with zero attached hydrogens (tertiary/aromatic N) is 5. The first kappa shape index (κ1) is 38.2. The van der Waals surface area contributed by atoms with Gasteiger partial charge in [0.25, 0.3) is 17.7 Å². The molecule has 0 aromatic heterocycles. The van der Waals surface area contributed by atoms with Gasteiger partial charge in [-0.3, -0.25) is 34.2 Å². The molecule has 12 nitrogen and oxygen atoms in total. The van der Waals surface area contributed by atoms with Gasteiger partial charge in [0.15, 0.2) is 0 Å². The number of rotatable bonds is 6. The summed E-state index contributed by atoms with van der Waals surface area (Å²) in [5.74, 6) is 5.73. The number of carbonyl (C=O) groups excluding carboxylic acids is 5.